The lowest BCUT2D eigenvalue weighted by atomic mass is 9.75. The van der Waals surface area contributed by atoms with Gasteiger partial charge in [0.25, 0.3) is 0 Å². The Balaban J connectivity index is 1.92. The second-order valence-electron chi connectivity index (χ2n) is 6.71. The number of carbonyl (C=O) groups excluding carboxylic acids is 1. The average Bonchev–Trinajstić information content (AvgIpc) is 3.11. The van der Waals surface area contributed by atoms with Crippen LogP contribution >= 0.6 is 0 Å². The normalized spacial score (nSPS) is 25.1. The van der Waals surface area contributed by atoms with Crippen molar-refractivity contribution in [3.63, 3.8) is 0 Å². The molecule has 1 amide bonds. The van der Waals surface area contributed by atoms with E-state index in [1.54, 1.807) is 4.90 Å². The number of rotatable bonds is 3. The smallest absolute Gasteiger partial charge is 0.410 e. The van der Waals surface area contributed by atoms with Gasteiger partial charge in [-0.1, -0.05) is 0 Å². The quantitative estimate of drug-likeness (QED) is 0.801. The molecule has 2 heterocycles. The predicted octanol–water partition coefficient (Wildman–Crippen LogP) is 1.88. The SMILES string of the molecule is CC(C)(C)OC(=O)N1CCC(C[C@@H]2CO2)(C(=O)O)CC1. The summed E-state index contributed by atoms with van der Waals surface area (Å²) in [7, 11) is 0. The lowest BCUT2D eigenvalue weighted by Gasteiger charge is -2.39. The minimum absolute atomic E-state index is 0.0826. The number of aliphatic carboxylic acids is 1. The fourth-order valence-corrected chi connectivity index (χ4v) is 2.57. The summed E-state index contributed by atoms with van der Waals surface area (Å²) in [5.74, 6) is -0.781. The van der Waals surface area contributed by atoms with E-state index in [-0.39, 0.29) is 12.2 Å². The lowest BCUT2D eigenvalue weighted by Crippen LogP contribution is -2.48. The third-order valence-electron chi connectivity index (χ3n) is 3.85. The molecule has 114 valence electrons. The topological polar surface area (TPSA) is 79.4 Å². The number of carbonyl (C=O) groups is 2. The highest BCUT2D eigenvalue weighted by Crippen LogP contribution is 2.39. The van der Waals surface area contributed by atoms with E-state index in [0.717, 1.165) is 0 Å². The zero-order chi connectivity index (χ0) is 15.0. The van der Waals surface area contributed by atoms with Crippen LogP contribution in [0.1, 0.15) is 40.0 Å². The number of hydrogen-bond donors (Lipinski definition) is 1. The van der Waals surface area contributed by atoms with Crippen molar-refractivity contribution in [1.29, 1.82) is 0 Å². The number of hydrogen-bond acceptors (Lipinski definition) is 4. The summed E-state index contributed by atoms with van der Waals surface area (Å²) in [4.78, 5) is 25.1. The number of epoxide rings is 1. The summed E-state index contributed by atoms with van der Waals surface area (Å²) in [6, 6.07) is 0. The van der Waals surface area contributed by atoms with Gasteiger partial charge in [-0.05, 0) is 40.0 Å². The van der Waals surface area contributed by atoms with Crippen LogP contribution in [-0.2, 0) is 14.3 Å². The van der Waals surface area contributed by atoms with E-state index in [0.29, 0.717) is 39.0 Å². The Morgan fingerprint density at radius 3 is 2.30 bits per heavy atom. The Morgan fingerprint density at radius 2 is 1.90 bits per heavy atom. The first kappa shape index (κ1) is 15.1. The number of piperidine rings is 1. The van der Waals surface area contributed by atoms with Crippen molar-refractivity contribution in [1.82, 2.24) is 4.90 Å². The summed E-state index contributed by atoms with van der Waals surface area (Å²) < 4.78 is 10.5. The molecule has 0 aromatic heterocycles. The van der Waals surface area contributed by atoms with Crippen molar-refractivity contribution in [3.8, 4) is 0 Å². The van der Waals surface area contributed by atoms with Crippen LogP contribution in [0.5, 0.6) is 0 Å². The zero-order valence-corrected chi connectivity index (χ0v) is 12.3. The van der Waals surface area contributed by atoms with E-state index in [4.69, 9.17) is 9.47 Å². The van der Waals surface area contributed by atoms with Crippen LogP contribution in [0.15, 0.2) is 0 Å². The van der Waals surface area contributed by atoms with E-state index in [9.17, 15) is 14.7 Å². The molecule has 2 fully saturated rings. The fraction of sp³-hybridized carbons (Fsp3) is 0.857. The van der Waals surface area contributed by atoms with Gasteiger partial charge < -0.3 is 19.5 Å². The van der Waals surface area contributed by atoms with Crippen molar-refractivity contribution in [3.05, 3.63) is 0 Å². The first-order valence-electron chi connectivity index (χ1n) is 7.05. The number of carboxylic acid groups (broad SMARTS) is 1. The van der Waals surface area contributed by atoms with Gasteiger partial charge in [0.05, 0.1) is 18.1 Å². The largest absolute Gasteiger partial charge is 0.481 e. The lowest BCUT2D eigenvalue weighted by molar-refractivity contribution is -0.153. The Hall–Kier alpha value is -1.30. The van der Waals surface area contributed by atoms with Gasteiger partial charge in [0, 0.05) is 13.1 Å². The van der Waals surface area contributed by atoms with E-state index >= 15 is 0 Å². The molecule has 1 atom stereocenters. The molecule has 0 radical (unpaired) electrons. The number of likely N-dealkylation sites (tertiary alicyclic amines) is 1. The average molecular weight is 285 g/mol. The van der Waals surface area contributed by atoms with Crippen molar-refractivity contribution >= 4 is 12.1 Å². The summed E-state index contributed by atoms with van der Waals surface area (Å²) >= 11 is 0. The second kappa shape index (κ2) is 5.24. The first-order valence-corrected chi connectivity index (χ1v) is 7.05. The van der Waals surface area contributed by atoms with Crippen molar-refractivity contribution < 1.29 is 24.2 Å². The molecule has 1 N–H and O–H groups in total. The first-order chi connectivity index (χ1) is 9.22. The molecule has 6 nitrogen and oxygen atoms in total. The minimum Gasteiger partial charge on any atom is -0.481 e. The molecular formula is C14H23NO5. The number of amides is 1. The third-order valence-corrected chi connectivity index (χ3v) is 3.85. The number of ether oxygens (including phenoxy) is 2. The van der Waals surface area contributed by atoms with Crippen LogP contribution < -0.4 is 0 Å². The molecule has 2 aliphatic heterocycles. The predicted molar refractivity (Wildman–Crippen MR) is 71.5 cm³/mol. The van der Waals surface area contributed by atoms with Crippen LogP contribution in [0.25, 0.3) is 0 Å². The Bertz CT molecular complexity index is 389. The molecule has 20 heavy (non-hydrogen) atoms. The maximum atomic E-state index is 12.0. The summed E-state index contributed by atoms with van der Waals surface area (Å²) in [5.41, 5.74) is -1.28. The summed E-state index contributed by atoms with van der Waals surface area (Å²) in [6.45, 7) is 6.97. The van der Waals surface area contributed by atoms with Crippen LogP contribution in [0, 0.1) is 5.41 Å². The van der Waals surface area contributed by atoms with Crippen LogP contribution in [0.2, 0.25) is 0 Å². The van der Waals surface area contributed by atoms with Crippen molar-refractivity contribution in [2.24, 2.45) is 5.41 Å². The fourth-order valence-electron chi connectivity index (χ4n) is 2.57. The van der Waals surface area contributed by atoms with Gasteiger partial charge in [0.2, 0.25) is 0 Å². The zero-order valence-electron chi connectivity index (χ0n) is 12.3. The number of carboxylic acids is 1. The van der Waals surface area contributed by atoms with Gasteiger partial charge in [0.1, 0.15) is 5.60 Å². The van der Waals surface area contributed by atoms with E-state index in [2.05, 4.69) is 0 Å². The monoisotopic (exact) mass is 285 g/mol. The molecule has 0 aromatic rings. The summed E-state index contributed by atoms with van der Waals surface area (Å²) in [6.07, 6.45) is 1.19. The van der Waals surface area contributed by atoms with Crippen LogP contribution in [0.4, 0.5) is 4.79 Å². The maximum absolute atomic E-state index is 12.0. The highest BCUT2D eigenvalue weighted by molar-refractivity contribution is 5.76. The number of nitrogens with zero attached hydrogens (tertiary/aromatic N) is 1. The molecule has 0 unspecified atom stereocenters. The van der Waals surface area contributed by atoms with Crippen LogP contribution in [-0.4, -0.2) is 53.5 Å². The molecule has 2 saturated heterocycles. The molecule has 0 bridgehead atoms. The Labute approximate surface area is 119 Å². The standard InChI is InChI=1S/C14H23NO5/c1-13(2,3)20-12(18)15-6-4-14(5-7-15,11(16)17)8-10-9-19-10/h10H,4-9H2,1-3H3,(H,16,17)/t10-/m1/s1. The molecule has 0 aliphatic carbocycles. The maximum Gasteiger partial charge on any atom is 0.410 e. The highest BCUT2D eigenvalue weighted by Gasteiger charge is 2.46. The molecule has 0 saturated carbocycles. The van der Waals surface area contributed by atoms with Gasteiger partial charge in [0.15, 0.2) is 0 Å². The third kappa shape index (κ3) is 3.62. The van der Waals surface area contributed by atoms with Gasteiger partial charge in [-0.25, -0.2) is 4.79 Å². The Kier molecular flexibility index (Phi) is 3.95. The van der Waals surface area contributed by atoms with Gasteiger partial charge in [-0.2, -0.15) is 0 Å². The molecule has 0 spiro atoms. The molecule has 2 rings (SSSR count). The molecular weight excluding hydrogens is 262 g/mol. The van der Waals surface area contributed by atoms with Crippen molar-refractivity contribution in [2.45, 2.75) is 51.7 Å². The summed E-state index contributed by atoms with van der Waals surface area (Å²) in [5, 5.41) is 9.49. The van der Waals surface area contributed by atoms with E-state index in [1.807, 2.05) is 20.8 Å². The van der Waals surface area contributed by atoms with Crippen molar-refractivity contribution in [2.75, 3.05) is 19.7 Å². The van der Waals surface area contributed by atoms with E-state index in [1.165, 1.54) is 0 Å². The Morgan fingerprint density at radius 1 is 1.35 bits per heavy atom. The molecule has 0 aromatic carbocycles. The van der Waals surface area contributed by atoms with Gasteiger partial charge in [-0.3, -0.25) is 4.79 Å². The minimum atomic E-state index is -0.781. The van der Waals surface area contributed by atoms with Gasteiger partial charge in [-0.15, -0.1) is 0 Å². The highest BCUT2D eigenvalue weighted by atomic mass is 16.6. The second-order valence-corrected chi connectivity index (χ2v) is 6.71. The molecule has 2 aliphatic rings. The van der Waals surface area contributed by atoms with Gasteiger partial charge >= 0.3 is 12.1 Å². The van der Waals surface area contributed by atoms with E-state index < -0.39 is 17.0 Å². The van der Waals surface area contributed by atoms with Crippen LogP contribution in [0.3, 0.4) is 0 Å². The molecule has 6 heteroatoms.